The van der Waals surface area contributed by atoms with Crippen LogP contribution in [0.5, 0.6) is 0 Å². The predicted molar refractivity (Wildman–Crippen MR) is 163 cm³/mol. The number of Topliss-reactive ketones (excluding diaryl/α,β-unsaturated/α-hetero) is 1. The number of hydrogen-bond acceptors (Lipinski definition) is 13. The molecular weight excluding hydrogens is 645 g/mol. The van der Waals surface area contributed by atoms with Gasteiger partial charge in [0, 0.05) is 37.2 Å². The zero-order valence-corrected chi connectivity index (χ0v) is 25.9. The number of carbonyl (C=O) groups excluding carboxylic acids is 4. The zero-order chi connectivity index (χ0) is 35.3. The van der Waals surface area contributed by atoms with Crippen molar-refractivity contribution in [1.82, 2.24) is 25.3 Å². The number of amides is 2. The Hall–Kier alpha value is -5.01. The molecule has 0 fully saturated rings. The van der Waals surface area contributed by atoms with Crippen LogP contribution in [-0.2, 0) is 35.1 Å². The van der Waals surface area contributed by atoms with E-state index in [1.54, 1.807) is 0 Å². The fraction of sp³-hybridized carbons (Fsp3) is 0.448. The molecule has 19 heteroatoms. The third kappa shape index (κ3) is 11.1. The number of aromatic nitrogens is 4. The molecule has 0 spiro atoms. The van der Waals surface area contributed by atoms with E-state index in [1.807, 2.05) is 0 Å². The first-order valence-electron chi connectivity index (χ1n) is 14.6. The van der Waals surface area contributed by atoms with E-state index in [-0.39, 0.29) is 59.1 Å². The number of rotatable bonds is 18. The molecule has 0 aliphatic carbocycles. The van der Waals surface area contributed by atoms with Crippen molar-refractivity contribution >= 4 is 46.4 Å². The number of nitrogens with one attached hydrogen (secondary N) is 2. The van der Waals surface area contributed by atoms with Gasteiger partial charge in [-0.15, -0.1) is 0 Å². The monoisotopic (exact) mass is 680 g/mol. The van der Waals surface area contributed by atoms with Gasteiger partial charge in [-0.3, -0.25) is 29.1 Å². The zero-order valence-electron chi connectivity index (χ0n) is 25.9. The maximum atomic E-state index is 13.5. The molecule has 2 heterocycles. The summed E-state index contributed by atoms with van der Waals surface area (Å²) in [5, 5.41) is 2.46. The lowest BCUT2D eigenvalue weighted by atomic mass is 10.1. The number of benzene rings is 1. The molecular formula is C29H35F3N8O8. The molecule has 48 heavy (non-hydrogen) atoms. The van der Waals surface area contributed by atoms with Crippen LogP contribution in [0.4, 0.5) is 24.8 Å². The summed E-state index contributed by atoms with van der Waals surface area (Å²) in [5.41, 5.74) is 9.06. The number of nitrogens with two attached hydrogens (primary N) is 2. The van der Waals surface area contributed by atoms with Crippen LogP contribution >= 0.6 is 0 Å². The Bertz CT molecular complexity index is 1640. The van der Waals surface area contributed by atoms with Crippen LogP contribution in [0.1, 0.15) is 41.7 Å². The topological polar surface area (TPSA) is 235 Å². The minimum Gasteiger partial charge on any atom is -0.467 e. The molecule has 0 saturated carbocycles. The van der Waals surface area contributed by atoms with Gasteiger partial charge >= 0.3 is 18.1 Å². The highest BCUT2D eigenvalue weighted by Crippen LogP contribution is 2.26. The van der Waals surface area contributed by atoms with Gasteiger partial charge in [0.25, 0.3) is 11.5 Å². The summed E-state index contributed by atoms with van der Waals surface area (Å²) < 4.78 is 55.9. The van der Waals surface area contributed by atoms with E-state index in [1.165, 1.54) is 0 Å². The first kappa shape index (κ1) is 37.4. The molecule has 0 bridgehead atoms. The van der Waals surface area contributed by atoms with Crippen LogP contribution in [0.3, 0.4) is 0 Å². The lowest BCUT2D eigenvalue weighted by molar-refractivity contribution is -0.170. The number of hydrogen-bond donors (Lipinski definition) is 4. The molecule has 0 saturated heterocycles. The molecule has 6 N–H and O–H groups in total. The second-order valence-electron chi connectivity index (χ2n) is 10.2. The van der Waals surface area contributed by atoms with Crippen molar-refractivity contribution in [2.75, 3.05) is 50.7 Å². The molecule has 0 radical (unpaired) electrons. The van der Waals surface area contributed by atoms with Gasteiger partial charge in [0.1, 0.15) is 11.8 Å². The second kappa shape index (κ2) is 17.8. The van der Waals surface area contributed by atoms with Gasteiger partial charge < -0.3 is 31.0 Å². The number of anilines is 2. The smallest absolute Gasteiger partial charge is 0.467 e. The number of H-pyrrole nitrogens is 1. The number of halogens is 3. The maximum Gasteiger partial charge on any atom is 0.471 e. The van der Waals surface area contributed by atoms with Crippen molar-refractivity contribution in [2.24, 2.45) is 5.73 Å². The Morgan fingerprint density at radius 3 is 2.35 bits per heavy atom. The number of ketones is 1. The van der Waals surface area contributed by atoms with E-state index in [4.69, 9.17) is 25.7 Å². The summed E-state index contributed by atoms with van der Waals surface area (Å²) >= 11 is 0. The highest BCUT2D eigenvalue weighted by Gasteiger charge is 2.43. The first-order chi connectivity index (χ1) is 22.8. The van der Waals surface area contributed by atoms with Gasteiger partial charge in [0.15, 0.2) is 11.2 Å². The standard InChI is InChI=1S/C29H35F3N8O8/c1-46-26(44)21(9-8-20(41)3-2-11-47-13-14-48-12-10-33)37-24(42)17-4-6-19(7-5-17)40(27(45)29(30,31)32)16-18-15-35-23-22(36-18)25(43)39-28(34)38-23/h4-7,15,21H,2-3,8-14,16,33H2,1H3,(H,37,42)(H3,34,35,38,39,43)/t21-/m0/s1. The van der Waals surface area contributed by atoms with Crippen LogP contribution in [0, 0.1) is 0 Å². The molecule has 1 atom stereocenters. The quantitative estimate of drug-likeness (QED) is 0.108. The highest BCUT2D eigenvalue weighted by atomic mass is 19.4. The lowest BCUT2D eigenvalue weighted by Crippen LogP contribution is -2.42. The van der Waals surface area contributed by atoms with Crippen LogP contribution in [0.2, 0.25) is 0 Å². The molecule has 0 aliphatic heterocycles. The van der Waals surface area contributed by atoms with E-state index < -0.39 is 42.1 Å². The Morgan fingerprint density at radius 2 is 1.71 bits per heavy atom. The number of methoxy groups -OCH3 is 1. The molecule has 2 aromatic heterocycles. The predicted octanol–water partition coefficient (Wildman–Crippen LogP) is 0.784. The van der Waals surface area contributed by atoms with Gasteiger partial charge in [0.05, 0.1) is 45.4 Å². The van der Waals surface area contributed by atoms with Crippen molar-refractivity contribution in [3.05, 3.63) is 52.1 Å². The number of esters is 1. The van der Waals surface area contributed by atoms with Crippen molar-refractivity contribution in [3.63, 3.8) is 0 Å². The van der Waals surface area contributed by atoms with Crippen molar-refractivity contribution < 1.29 is 46.6 Å². The summed E-state index contributed by atoms with van der Waals surface area (Å²) in [7, 11) is 1.11. The molecule has 1 aromatic carbocycles. The fourth-order valence-corrected chi connectivity index (χ4v) is 4.28. The number of nitrogens with zero attached hydrogens (tertiary/aromatic N) is 4. The summed E-state index contributed by atoms with van der Waals surface area (Å²) in [6, 6.07) is 3.28. The summed E-state index contributed by atoms with van der Waals surface area (Å²) in [5.74, 6) is -4.23. The molecule has 3 rings (SSSR count). The lowest BCUT2D eigenvalue weighted by Gasteiger charge is -2.24. The number of alkyl halides is 3. The maximum absolute atomic E-state index is 13.5. The third-order valence-electron chi connectivity index (χ3n) is 6.62. The summed E-state index contributed by atoms with van der Waals surface area (Å²) in [6.45, 7) is 1.17. The van der Waals surface area contributed by atoms with Crippen molar-refractivity contribution in [2.45, 2.75) is 44.4 Å². The van der Waals surface area contributed by atoms with Crippen LogP contribution in [0.15, 0.2) is 35.3 Å². The van der Waals surface area contributed by atoms with Gasteiger partial charge in [0.2, 0.25) is 5.95 Å². The normalized spacial score (nSPS) is 12.0. The van der Waals surface area contributed by atoms with Crippen LogP contribution in [0.25, 0.3) is 11.2 Å². The van der Waals surface area contributed by atoms with Gasteiger partial charge in [-0.1, -0.05) is 0 Å². The van der Waals surface area contributed by atoms with E-state index in [2.05, 4.69) is 25.3 Å². The highest BCUT2D eigenvalue weighted by molar-refractivity contribution is 5.99. The number of carbonyl (C=O) groups is 4. The molecule has 0 unspecified atom stereocenters. The summed E-state index contributed by atoms with van der Waals surface area (Å²) in [6.07, 6.45) is -3.71. The van der Waals surface area contributed by atoms with Crippen molar-refractivity contribution in [3.8, 4) is 0 Å². The van der Waals surface area contributed by atoms with Gasteiger partial charge in [-0.05, 0) is 37.1 Å². The van der Waals surface area contributed by atoms with E-state index >= 15 is 0 Å². The number of fused-ring (bicyclic) bond motifs is 1. The van der Waals surface area contributed by atoms with Gasteiger partial charge in [-0.25, -0.2) is 14.8 Å². The number of nitrogen functional groups attached to an aromatic ring is 1. The van der Waals surface area contributed by atoms with E-state index in [9.17, 15) is 37.1 Å². The second-order valence-corrected chi connectivity index (χ2v) is 10.2. The van der Waals surface area contributed by atoms with Crippen molar-refractivity contribution in [1.29, 1.82) is 0 Å². The Labute approximate surface area is 271 Å². The average molecular weight is 681 g/mol. The van der Waals surface area contributed by atoms with E-state index in [0.29, 0.717) is 44.3 Å². The van der Waals surface area contributed by atoms with Gasteiger partial charge in [-0.2, -0.15) is 18.2 Å². The minimum absolute atomic E-state index is 0.0416. The van der Waals surface area contributed by atoms with Crippen LogP contribution in [-0.4, -0.2) is 95.8 Å². The summed E-state index contributed by atoms with van der Waals surface area (Å²) in [4.78, 5) is 76.4. The molecule has 2 amide bonds. The molecule has 260 valence electrons. The Kier molecular flexibility index (Phi) is 13.9. The Morgan fingerprint density at radius 1 is 1.02 bits per heavy atom. The van der Waals surface area contributed by atoms with E-state index in [0.717, 1.165) is 37.6 Å². The SMILES string of the molecule is COC(=O)[C@H](CCC(=O)CCCOCCOCCN)NC(=O)c1ccc(N(Cc2cnc3nc(N)[nH]c(=O)c3n2)C(=O)C(F)(F)F)cc1. The number of ether oxygens (including phenoxy) is 3. The first-order valence-corrected chi connectivity index (χ1v) is 14.6. The largest absolute Gasteiger partial charge is 0.471 e. The average Bonchev–Trinajstić information content (AvgIpc) is 3.05. The van der Waals surface area contributed by atoms with Crippen LogP contribution < -0.4 is 27.2 Å². The fourth-order valence-electron chi connectivity index (χ4n) is 4.28. The Balaban J connectivity index is 1.65. The minimum atomic E-state index is -5.29. The molecule has 0 aliphatic rings. The molecule has 3 aromatic rings. The molecule has 16 nitrogen and oxygen atoms in total. The third-order valence-corrected chi connectivity index (χ3v) is 6.62. The number of aromatic amines is 1.